The molecule has 1 fully saturated rings. The monoisotopic (exact) mass is 622 g/mol. The van der Waals surface area contributed by atoms with Gasteiger partial charge in [0.2, 0.25) is 12.7 Å². The van der Waals surface area contributed by atoms with E-state index in [4.69, 9.17) is 14.2 Å². The summed E-state index contributed by atoms with van der Waals surface area (Å²) in [6.07, 6.45) is 0. The zero-order valence-corrected chi connectivity index (χ0v) is 24.8. The maximum absolute atomic E-state index is 15.1. The smallest absolute Gasteiger partial charge is 0.251 e. The molecular formula is C34H31FN6O5. The van der Waals surface area contributed by atoms with Crippen LogP contribution < -0.4 is 19.7 Å². The zero-order valence-electron chi connectivity index (χ0n) is 24.8. The van der Waals surface area contributed by atoms with E-state index >= 15 is 4.39 Å². The molecule has 1 unspecified atom stereocenters. The number of para-hydroxylation sites is 1. The number of benzene rings is 4. The number of rotatable bonds is 9. The fraction of sp³-hybridized carbons (Fsp3) is 0.235. The molecule has 0 bridgehead atoms. The summed E-state index contributed by atoms with van der Waals surface area (Å²) in [5, 5.41) is 11.3. The van der Waals surface area contributed by atoms with E-state index in [1.807, 2.05) is 42.5 Å². The number of nitrogens with one attached hydrogen (secondary N) is 1. The van der Waals surface area contributed by atoms with Crippen molar-refractivity contribution in [2.24, 2.45) is 0 Å². The lowest BCUT2D eigenvalue weighted by Gasteiger charge is -2.32. The van der Waals surface area contributed by atoms with Crippen LogP contribution in [0.1, 0.15) is 17.2 Å². The molecule has 7 rings (SSSR count). The van der Waals surface area contributed by atoms with Crippen LogP contribution in [-0.2, 0) is 27.4 Å². The Balaban J connectivity index is 1.25. The van der Waals surface area contributed by atoms with Gasteiger partial charge in [0.25, 0.3) is 5.91 Å². The van der Waals surface area contributed by atoms with Crippen LogP contribution in [0.15, 0.2) is 91.0 Å². The van der Waals surface area contributed by atoms with Crippen molar-refractivity contribution in [3.05, 3.63) is 108 Å². The molecule has 1 N–H and O–H groups in total. The first kappa shape index (κ1) is 29.2. The Hall–Kier alpha value is -5.49. The van der Waals surface area contributed by atoms with E-state index in [0.29, 0.717) is 47.0 Å². The predicted molar refractivity (Wildman–Crippen MR) is 168 cm³/mol. The van der Waals surface area contributed by atoms with Gasteiger partial charge in [0.15, 0.2) is 11.5 Å². The van der Waals surface area contributed by atoms with Gasteiger partial charge in [-0.1, -0.05) is 41.6 Å². The van der Waals surface area contributed by atoms with Crippen molar-refractivity contribution >= 4 is 34.2 Å². The Morgan fingerprint density at radius 3 is 2.50 bits per heavy atom. The molecule has 0 radical (unpaired) electrons. The fourth-order valence-electron chi connectivity index (χ4n) is 5.73. The molecule has 2 amide bonds. The third-order valence-corrected chi connectivity index (χ3v) is 8.11. The number of halogens is 1. The van der Waals surface area contributed by atoms with Crippen LogP contribution in [0.25, 0.3) is 11.0 Å². The number of amides is 2. The summed E-state index contributed by atoms with van der Waals surface area (Å²) in [6.45, 7) is 2.52. The highest BCUT2D eigenvalue weighted by Gasteiger charge is 2.34. The third-order valence-electron chi connectivity index (χ3n) is 8.11. The molecule has 4 aromatic carbocycles. The average molecular weight is 623 g/mol. The molecular weight excluding hydrogens is 591 g/mol. The average Bonchev–Trinajstić information content (AvgIpc) is 3.73. The second-order valence-electron chi connectivity index (χ2n) is 11.0. The van der Waals surface area contributed by atoms with Gasteiger partial charge in [-0.25, -0.2) is 9.07 Å². The molecule has 11 nitrogen and oxygen atoms in total. The molecule has 1 aromatic heterocycles. The maximum Gasteiger partial charge on any atom is 0.251 e. The quantitative estimate of drug-likeness (QED) is 0.255. The highest BCUT2D eigenvalue weighted by atomic mass is 19.1. The maximum atomic E-state index is 15.1. The van der Waals surface area contributed by atoms with Gasteiger partial charge in [-0.3, -0.25) is 9.59 Å². The fourth-order valence-corrected chi connectivity index (χ4v) is 5.73. The first-order valence-corrected chi connectivity index (χ1v) is 15.0. The van der Waals surface area contributed by atoms with Crippen molar-refractivity contribution in [2.45, 2.75) is 19.1 Å². The summed E-state index contributed by atoms with van der Waals surface area (Å²) in [7, 11) is 0. The van der Waals surface area contributed by atoms with E-state index in [9.17, 15) is 9.59 Å². The minimum Gasteiger partial charge on any atom is -0.454 e. The minimum absolute atomic E-state index is 0.0440. The van der Waals surface area contributed by atoms with Crippen LogP contribution >= 0.6 is 0 Å². The van der Waals surface area contributed by atoms with Gasteiger partial charge in [-0.15, -0.1) is 5.10 Å². The molecule has 3 heterocycles. The van der Waals surface area contributed by atoms with Crippen LogP contribution in [-0.4, -0.2) is 64.8 Å². The number of morpholine rings is 1. The van der Waals surface area contributed by atoms with Crippen LogP contribution in [0, 0.1) is 5.82 Å². The molecule has 2 aliphatic rings. The van der Waals surface area contributed by atoms with Crippen molar-refractivity contribution in [3.63, 3.8) is 0 Å². The largest absolute Gasteiger partial charge is 0.454 e. The van der Waals surface area contributed by atoms with Gasteiger partial charge >= 0.3 is 0 Å². The Morgan fingerprint density at radius 2 is 1.67 bits per heavy atom. The second-order valence-corrected chi connectivity index (χ2v) is 11.0. The number of ether oxygens (including phenoxy) is 3. The molecule has 46 heavy (non-hydrogen) atoms. The van der Waals surface area contributed by atoms with Gasteiger partial charge in [0.1, 0.15) is 23.9 Å². The summed E-state index contributed by atoms with van der Waals surface area (Å²) in [5.74, 6) is -0.450. The van der Waals surface area contributed by atoms with Crippen molar-refractivity contribution in [2.75, 3.05) is 43.3 Å². The molecule has 12 heteroatoms. The Morgan fingerprint density at radius 1 is 0.913 bits per heavy atom. The SMILES string of the molecule is O=C(Nc1ccc(N2CCOCC2)cc1)C(c1ccc2c(c1)OCO2)N(Cc1ccccc1F)C(=O)Cn1nnc2ccccc21. The second kappa shape index (κ2) is 12.9. The van der Waals surface area contributed by atoms with Crippen molar-refractivity contribution in [1.82, 2.24) is 19.9 Å². The van der Waals surface area contributed by atoms with E-state index in [-0.39, 0.29) is 25.4 Å². The van der Waals surface area contributed by atoms with E-state index < -0.39 is 23.7 Å². The predicted octanol–water partition coefficient (Wildman–Crippen LogP) is 4.54. The number of fused-ring (bicyclic) bond motifs is 2. The third kappa shape index (κ3) is 6.07. The molecule has 234 valence electrons. The Kier molecular flexibility index (Phi) is 8.17. The van der Waals surface area contributed by atoms with Crippen LogP contribution in [0.4, 0.5) is 15.8 Å². The van der Waals surface area contributed by atoms with E-state index in [2.05, 4.69) is 20.5 Å². The van der Waals surface area contributed by atoms with Crippen LogP contribution in [0.3, 0.4) is 0 Å². The number of hydrogen-bond donors (Lipinski definition) is 1. The topological polar surface area (TPSA) is 111 Å². The number of carbonyl (C=O) groups excluding carboxylic acids is 2. The first-order chi connectivity index (χ1) is 22.5. The van der Waals surface area contributed by atoms with Crippen LogP contribution in [0.5, 0.6) is 11.5 Å². The molecule has 0 saturated carbocycles. The number of anilines is 2. The summed E-state index contributed by atoms with van der Waals surface area (Å²) >= 11 is 0. The number of carbonyl (C=O) groups is 2. The van der Waals surface area contributed by atoms with Gasteiger partial charge in [-0.2, -0.15) is 0 Å². The standard InChI is InChI=1S/C34H31FN6O5/c35-27-6-2-1-5-24(27)20-40(32(42)21-41-29-8-4-3-7-28(29)37-38-41)33(23-9-14-30-31(19-23)46-22-45-30)34(43)36-25-10-12-26(13-11-25)39-15-17-44-18-16-39/h1-14,19,33H,15-18,20-22H2,(H,36,43). The van der Waals surface area contributed by atoms with Gasteiger partial charge in [0, 0.05) is 36.6 Å². The normalized spacial score (nSPS) is 14.7. The molecule has 2 aliphatic heterocycles. The van der Waals surface area contributed by atoms with Crippen molar-refractivity contribution < 1.29 is 28.2 Å². The summed E-state index contributed by atoms with van der Waals surface area (Å²) in [6, 6.07) is 24.9. The minimum atomic E-state index is -1.17. The molecule has 0 aliphatic carbocycles. The van der Waals surface area contributed by atoms with Gasteiger partial charge in [0.05, 0.1) is 18.7 Å². The van der Waals surface area contributed by atoms with Gasteiger partial charge < -0.3 is 29.3 Å². The van der Waals surface area contributed by atoms with Gasteiger partial charge in [-0.05, 0) is 60.2 Å². The van der Waals surface area contributed by atoms with Crippen molar-refractivity contribution in [1.29, 1.82) is 0 Å². The highest BCUT2D eigenvalue weighted by Crippen LogP contribution is 2.37. The van der Waals surface area contributed by atoms with Crippen molar-refractivity contribution in [3.8, 4) is 11.5 Å². The van der Waals surface area contributed by atoms with E-state index in [1.54, 1.807) is 42.5 Å². The van der Waals surface area contributed by atoms with E-state index in [0.717, 1.165) is 18.8 Å². The number of hydrogen-bond acceptors (Lipinski definition) is 8. The Bertz CT molecular complexity index is 1870. The summed E-state index contributed by atoms with van der Waals surface area (Å²) < 4.78 is 33.1. The lowest BCUT2D eigenvalue weighted by atomic mass is 10.0. The van der Waals surface area contributed by atoms with E-state index in [1.165, 1.54) is 15.6 Å². The van der Waals surface area contributed by atoms with Crippen LogP contribution in [0.2, 0.25) is 0 Å². The molecule has 1 atom stereocenters. The first-order valence-electron chi connectivity index (χ1n) is 15.0. The molecule has 1 saturated heterocycles. The summed E-state index contributed by atoms with van der Waals surface area (Å²) in [4.78, 5) is 32.1. The summed E-state index contributed by atoms with van der Waals surface area (Å²) in [5.41, 5.74) is 3.58. The number of nitrogens with zero attached hydrogens (tertiary/aromatic N) is 5. The number of aromatic nitrogens is 3. The lowest BCUT2D eigenvalue weighted by Crippen LogP contribution is -2.42. The lowest BCUT2D eigenvalue weighted by molar-refractivity contribution is -0.140. The highest BCUT2D eigenvalue weighted by molar-refractivity contribution is 5.98. The zero-order chi connectivity index (χ0) is 31.5. The molecule has 5 aromatic rings. The molecule has 0 spiro atoms. The Labute approximate surface area is 264 Å².